The molecule has 0 bridgehead atoms. The average Bonchev–Trinajstić information content (AvgIpc) is 3.13. The average molecular weight is 491 g/mol. The van der Waals surface area contributed by atoms with Gasteiger partial charge in [-0.15, -0.1) is 0 Å². The summed E-state index contributed by atoms with van der Waals surface area (Å²) in [6, 6.07) is 7.92. The molecular formula is C24H30N2O7S. The van der Waals surface area contributed by atoms with Crippen LogP contribution in [0.15, 0.2) is 30.3 Å². The molecule has 0 radical (unpaired) electrons. The molecule has 1 aromatic heterocycles. The Hall–Kier alpha value is -3.27. The molecule has 2 aromatic rings. The third-order valence-electron chi connectivity index (χ3n) is 4.88. The fourth-order valence-electron chi connectivity index (χ4n) is 3.27. The van der Waals surface area contributed by atoms with Gasteiger partial charge in [0.05, 0.1) is 6.61 Å². The molecule has 1 heterocycles. The monoisotopic (exact) mass is 490 g/mol. The Morgan fingerprint density at radius 3 is 2.41 bits per heavy atom. The Balaban J connectivity index is 1.98. The van der Waals surface area contributed by atoms with E-state index in [1.54, 1.807) is 45.0 Å². The van der Waals surface area contributed by atoms with Crippen LogP contribution in [0.4, 0.5) is 0 Å². The molecule has 184 valence electrons. The first-order valence-electron chi connectivity index (χ1n) is 10.8. The minimum atomic E-state index is -0.921. The summed E-state index contributed by atoms with van der Waals surface area (Å²) >= 11 is 1.51. The maximum absolute atomic E-state index is 12.7. The highest BCUT2D eigenvalue weighted by Gasteiger charge is 2.26. The predicted octanol–water partition coefficient (Wildman–Crippen LogP) is 2.85. The Labute approximate surface area is 202 Å². The summed E-state index contributed by atoms with van der Waals surface area (Å²) < 4.78 is 15.6. The topological polar surface area (TPSA) is 124 Å². The standard InChI is InChI=1S/C24H30N2O7S/c1-5-31-24(30)22-15(2)21(16(3)25-22)19(27)13-33-23(29)18(11-12-34-4)26-20(28)14-32-17-9-7-6-8-10-17/h6-10,18,25H,5,11-14H2,1-4H3,(H,26,28). The summed E-state index contributed by atoms with van der Waals surface area (Å²) in [6.45, 7) is 4.39. The first kappa shape index (κ1) is 27.0. The molecule has 0 aliphatic heterocycles. The van der Waals surface area contributed by atoms with Gasteiger partial charge in [-0.2, -0.15) is 11.8 Å². The molecule has 1 unspecified atom stereocenters. The lowest BCUT2D eigenvalue weighted by molar-refractivity contribution is -0.147. The van der Waals surface area contributed by atoms with Crippen LogP contribution in [0.5, 0.6) is 5.75 Å². The lowest BCUT2D eigenvalue weighted by atomic mass is 10.1. The number of amides is 1. The Bertz CT molecular complexity index is 1000. The number of rotatable bonds is 13. The van der Waals surface area contributed by atoms with Crippen LogP contribution in [-0.4, -0.2) is 66.5 Å². The van der Waals surface area contributed by atoms with Gasteiger partial charge in [0.2, 0.25) is 5.78 Å². The van der Waals surface area contributed by atoms with Gasteiger partial charge in [0, 0.05) is 11.3 Å². The number of ether oxygens (including phenoxy) is 3. The summed E-state index contributed by atoms with van der Waals surface area (Å²) in [5.74, 6) is -1.08. The van der Waals surface area contributed by atoms with Gasteiger partial charge in [0.1, 0.15) is 17.5 Å². The van der Waals surface area contributed by atoms with Crippen molar-refractivity contribution >= 4 is 35.4 Å². The maximum atomic E-state index is 12.7. The van der Waals surface area contributed by atoms with Gasteiger partial charge in [0.15, 0.2) is 13.2 Å². The molecule has 1 aromatic carbocycles. The largest absolute Gasteiger partial charge is 0.484 e. The summed E-state index contributed by atoms with van der Waals surface area (Å²) in [4.78, 5) is 52.6. The van der Waals surface area contributed by atoms with Crippen molar-refractivity contribution in [1.82, 2.24) is 10.3 Å². The minimum absolute atomic E-state index is 0.192. The number of aromatic amines is 1. The van der Waals surface area contributed by atoms with E-state index in [4.69, 9.17) is 14.2 Å². The normalized spacial score (nSPS) is 11.4. The van der Waals surface area contributed by atoms with Crippen LogP contribution in [0.3, 0.4) is 0 Å². The number of ketones is 1. The molecule has 2 N–H and O–H groups in total. The fourth-order valence-corrected chi connectivity index (χ4v) is 3.74. The Morgan fingerprint density at radius 2 is 1.76 bits per heavy atom. The number of aromatic nitrogens is 1. The number of para-hydroxylation sites is 1. The van der Waals surface area contributed by atoms with E-state index >= 15 is 0 Å². The molecule has 0 spiro atoms. The van der Waals surface area contributed by atoms with Gasteiger partial charge in [-0.3, -0.25) is 9.59 Å². The zero-order chi connectivity index (χ0) is 25.1. The molecule has 0 aliphatic rings. The number of carbonyl (C=O) groups excluding carboxylic acids is 4. The van der Waals surface area contributed by atoms with Crippen molar-refractivity contribution in [2.24, 2.45) is 0 Å². The molecule has 0 fully saturated rings. The Kier molecular flexibility index (Phi) is 10.7. The summed E-state index contributed by atoms with van der Waals surface area (Å²) in [5, 5.41) is 2.61. The van der Waals surface area contributed by atoms with Crippen molar-refractivity contribution in [2.75, 3.05) is 31.8 Å². The van der Waals surface area contributed by atoms with Crippen molar-refractivity contribution in [1.29, 1.82) is 0 Å². The van der Waals surface area contributed by atoms with Gasteiger partial charge in [-0.05, 0) is 56.9 Å². The molecule has 0 saturated carbocycles. The minimum Gasteiger partial charge on any atom is -0.484 e. The summed E-state index contributed by atoms with van der Waals surface area (Å²) in [5.41, 5.74) is 1.38. The summed E-state index contributed by atoms with van der Waals surface area (Å²) in [6.07, 6.45) is 2.21. The van der Waals surface area contributed by atoms with Gasteiger partial charge in [0.25, 0.3) is 5.91 Å². The fraction of sp³-hybridized carbons (Fsp3) is 0.417. The molecule has 1 atom stereocenters. The van der Waals surface area contributed by atoms with Crippen LogP contribution in [0, 0.1) is 13.8 Å². The highest BCUT2D eigenvalue weighted by atomic mass is 32.2. The number of esters is 2. The lowest BCUT2D eigenvalue weighted by Gasteiger charge is -2.17. The first-order chi connectivity index (χ1) is 16.3. The van der Waals surface area contributed by atoms with Crippen LogP contribution in [0.25, 0.3) is 0 Å². The van der Waals surface area contributed by atoms with Crippen molar-refractivity contribution in [3.63, 3.8) is 0 Å². The number of thioether (sulfide) groups is 1. The maximum Gasteiger partial charge on any atom is 0.355 e. The van der Waals surface area contributed by atoms with E-state index in [0.29, 0.717) is 29.2 Å². The van der Waals surface area contributed by atoms with E-state index in [-0.39, 0.29) is 24.5 Å². The zero-order valence-electron chi connectivity index (χ0n) is 19.8. The second-order valence-electron chi connectivity index (χ2n) is 7.38. The zero-order valence-corrected chi connectivity index (χ0v) is 20.6. The smallest absolute Gasteiger partial charge is 0.355 e. The number of aryl methyl sites for hydroxylation is 1. The van der Waals surface area contributed by atoms with Gasteiger partial charge < -0.3 is 24.5 Å². The number of nitrogens with one attached hydrogen (secondary N) is 2. The Morgan fingerprint density at radius 1 is 1.06 bits per heavy atom. The molecule has 10 heteroatoms. The molecule has 9 nitrogen and oxygen atoms in total. The van der Waals surface area contributed by atoms with Crippen molar-refractivity contribution in [2.45, 2.75) is 33.2 Å². The van der Waals surface area contributed by atoms with Crippen LogP contribution in [0.2, 0.25) is 0 Å². The number of H-pyrrole nitrogens is 1. The van der Waals surface area contributed by atoms with Crippen LogP contribution in [-0.2, 0) is 19.1 Å². The first-order valence-corrected chi connectivity index (χ1v) is 12.2. The molecule has 1 amide bonds. The van der Waals surface area contributed by atoms with Crippen molar-refractivity contribution in [3.8, 4) is 5.75 Å². The molecular weight excluding hydrogens is 460 g/mol. The molecule has 0 saturated heterocycles. The van der Waals surface area contributed by atoms with E-state index in [1.165, 1.54) is 11.8 Å². The van der Waals surface area contributed by atoms with E-state index in [2.05, 4.69) is 10.3 Å². The van der Waals surface area contributed by atoms with Gasteiger partial charge >= 0.3 is 11.9 Å². The van der Waals surface area contributed by atoms with E-state index < -0.39 is 36.3 Å². The number of hydrogen-bond donors (Lipinski definition) is 2. The van der Waals surface area contributed by atoms with Gasteiger partial charge in [-0.25, -0.2) is 9.59 Å². The highest BCUT2D eigenvalue weighted by molar-refractivity contribution is 7.98. The molecule has 34 heavy (non-hydrogen) atoms. The second-order valence-corrected chi connectivity index (χ2v) is 8.37. The molecule has 0 aliphatic carbocycles. The quantitative estimate of drug-likeness (QED) is 0.325. The van der Waals surface area contributed by atoms with Crippen LogP contribution >= 0.6 is 11.8 Å². The molecule has 2 rings (SSSR count). The number of hydrogen-bond acceptors (Lipinski definition) is 8. The third-order valence-corrected chi connectivity index (χ3v) is 5.53. The number of Topliss-reactive ketones (excluding diaryl/α,β-unsaturated/α-hetero) is 1. The van der Waals surface area contributed by atoms with E-state index in [1.807, 2.05) is 12.3 Å². The van der Waals surface area contributed by atoms with E-state index in [0.717, 1.165) is 0 Å². The predicted molar refractivity (Wildman–Crippen MR) is 128 cm³/mol. The number of carbonyl (C=O) groups is 4. The van der Waals surface area contributed by atoms with Gasteiger partial charge in [-0.1, -0.05) is 18.2 Å². The van der Waals surface area contributed by atoms with E-state index in [9.17, 15) is 19.2 Å². The number of benzene rings is 1. The third kappa shape index (κ3) is 7.65. The van der Waals surface area contributed by atoms with Crippen LogP contribution in [0.1, 0.15) is 45.4 Å². The SMILES string of the molecule is CCOC(=O)c1[nH]c(C)c(C(=O)COC(=O)C(CCSC)NC(=O)COc2ccccc2)c1C. The highest BCUT2D eigenvalue weighted by Crippen LogP contribution is 2.20. The van der Waals surface area contributed by atoms with Crippen molar-refractivity contribution < 1.29 is 33.4 Å². The summed E-state index contributed by atoms with van der Waals surface area (Å²) in [7, 11) is 0. The van der Waals surface area contributed by atoms with Crippen molar-refractivity contribution in [3.05, 3.63) is 52.8 Å². The second kappa shape index (κ2) is 13.4. The van der Waals surface area contributed by atoms with Crippen LogP contribution < -0.4 is 10.1 Å². The lowest BCUT2D eigenvalue weighted by Crippen LogP contribution is -2.44.